The van der Waals surface area contributed by atoms with E-state index in [-0.39, 0.29) is 0 Å². The molecule has 0 aromatic heterocycles. The van der Waals surface area contributed by atoms with Gasteiger partial charge in [-0.2, -0.15) is 0 Å². The molecule has 0 aliphatic carbocycles. The number of halogens is 1. The number of hydrogen-bond donors (Lipinski definition) is 1. The summed E-state index contributed by atoms with van der Waals surface area (Å²) in [5, 5.41) is 4.33. The Balaban J connectivity index is 2.76. The second-order valence-corrected chi connectivity index (χ2v) is 5.01. The Hall–Kier alpha value is -0.890. The first-order valence-corrected chi connectivity index (χ1v) is 6.69. The molecule has 1 aromatic rings. The van der Waals surface area contributed by atoms with Gasteiger partial charge in [-0.1, -0.05) is 31.9 Å². The average Bonchev–Trinajstić information content (AvgIpc) is 2.28. The van der Waals surface area contributed by atoms with E-state index >= 15 is 0 Å². The lowest BCUT2D eigenvalue weighted by Crippen LogP contribution is -2.18. The van der Waals surface area contributed by atoms with E-state index in [1.807, 2.05) is 25.1 Å². The van der Waals surface area contributed by atoms with Crippen molar-refractivity contribution in [2.75, 3.05) is 24.3 Å². The third-order valence-corrected chi connectivity index (χ3v) is 3.23. The van der Waals surface area contributed by atoms with Gasteiger partial charge in [0.2, 0.25) is 0 Å². The molecule has 17 heavy (non-hydrogen) atoms. The summed E-state index contributed by atoms with van der Waals surface area (Å²) in [5.74, 6) is 0. The first-order chi connectivity index (χ1) is 8.08. The zero-order valence-corrected chi connectivity index (χ0v) is 12.0. The molecule has 0 bridgehead atoms. The van der Waals surface area contributed by atoms with E-state index in [9.17, 15) is 0 Å². The third kappa shape index (κ3) is 4.12. The Morgan fingerprint density at radius 1 is 1.29 bits per heavy atom. The number of nitrogens with zero attached hydrogens (tertiary/aromatic N) is 1. The van der Waals surface area contributed by atoms with Gasteiger partial charge in [0.15, 0.2) is 0 Å². The topological polar surface area (TPSA) is 15.3 Å². The number of hydrogen-bond acceptors (Lipinski definition) is 2. The summed E-state index contributed by atoms with van der Waals surface area (Å²) in [4.78, 5) is 2.02. The molecule has 0 fully saturated rings. The van der Waals surface area contributed by atoms with E-state index in [4.69, 9.17) is 11.6 Å². The maximum absolute atomic E-state index is 6.25. The molecule has 0 heterocycles. The maximum atomic E-state index is 6.25. The Bertz CT molecular complexity index is 350. The molecule has 2 nitrogen and oxygen atoms in total. The van der Waals surface area contributed by atoms with Crippen molar-refractivity contribution in [1.29, 1.82) is 0 Å². The molecule has 1 unspecified atom stereocenters. The van der Waals surface area contributed by atoms with Crippen LogP contribution in [0.25, 0.3) is 0 Å². The van der Waals surface area contributed by atoms with Crippen LogP contribution in [0.15, 0.2) is 18.2 Å². The molecular weight excluding hydrogens is 232 g/mol. The molecule has 0 radical (unpaired) electrons. The number of benzene rings is 1. The summed E-state index contributed by atoms with van der Waals surface area (Å²) in [6, 6.07) is 6.71. The van der Waals surface area contributed by atoms with Crippen LogP contribution in [-0.2, 0) is 0 Å². The molecule has 0 saturated heterocycles. The summed E-state index contributed by atoms with van der Waals surface area (Å²) in [5.41, 5.74) is 2.17. The molecule has 1 aromatic carbocycles. The van der Waals surface area contributed by atoms with Crippen LogP contribution in [0.3, 0.4) is 0 Å². The fraction of sp³-hybridized carbons (Fsp3) is 0.571. The first-order valence-electron chi connectivity index (χ1n) is 6.31. The van der Waals surface area contributed by atoms with Crippen LogP contribution in [0, 0.1) is 0 Å². The van der Waals surface area contributed by atoms with Crippen molar-refractivity contribution in [2.45, 2.75) is 39.2 Å². The van der Waals surface area contributed by atoms with E-state index in [2.05, 4.69) is 31.3 Å². The van der Waals surface area contributed by atoms with Crippen molar-refractivity contribution in [3.63, 3.8) is 0 Å². The minimum atomic E-state index is 0.543. The summed E-state index contributed by atoms with van der Waals surface area (Å²) >= 11 is 6.25. The summed E-state index contributed by atoms with van der Waals surface area (Å²) in [7, 11) is 4.00. The molecule has 0 amide bonds. The highest BCUT2D eigenvalue weighted by Gasteiger charge is 2.07. The zero-order valence-electron chi connectivity index (χ0n) is 11.3. The quantitative estimate of drug-likeness (QED) is 0.810. The third-order valence-electron chi connectivity index (χ3n) is 2.93. The van der Waals surface area contributed by atoms with Crippen LogP contribution < -0.4 is 10.2 Å². The van der Waals surface area contributed by atoms with Gasteiger partial charge < -0.3 is 10.2 Å². The lowest BCUT2D eigenvalue weighted by atomic mass is 10.1. The highest BCUT2D eigenvalue weighted by Crippen LogP contribution is 2.28. The molecule has 3 heteroatoms. The molecular formula is C14H23ClN2. The second kappa shape index (κ2) is 6.75. The normalized spacial score (nSPS) is 12.3. The Kier molecular flexibility index (Phi) is 5.63. The van der Waals surface area contributed by atoms with Crippen molar-refractivity contribution < 1.29 is 0 Å². The van der Waals surface area contributed by atoms with Crippen LogP contribution >= 0.6 is 11.6 Å². The van der Waals surface area contributed by atoms with E-state index < -0.39 is 0 Å². The molecule has 1 N–H and O–H groups in total. The highest BCUT2D eigenvalue weighted by atomic mass is 35.5. The van der Waals surface area contributed by atoms with Crippen LogP contribution in [-0.4, -0.2) is 20.1 Å². The van der Waals surface area contributed by atoms with Crippen LogP contribution in [0.5, 0.6) is 0 Å². The van der Waals surface area contributed by atoms with E-state index in [0.717, 1.165) is 22.8 Å². The van der Waals surface area contributed by atoms with Crippen molar-refractivity contribution in [2.24, 2.45) is 0 Å². The number of rotatable bonds is 6. The van der Waals surface area contributed by atoms with Gasteiger partial charge in [-0.25, -0.2) is 0 Å². The molecule has 0 aliphatic rings. The van der Waals surface area contributed by atoms with E-state index in [1.54, 1.807) is 0 Å². The molecule has 96 valence electrons. The van der Waals surface area contributed by atoms with Gasteiger partial charge in [-0.3, -0.25) is 0 Å². The van der Waals surface area contributed by atoms with Gasteiger partial charge in [0.05, 0.1) is 10.7 Å². The lowest BCUT2D eigenvalue weighted by Gasteiger charge is -2.20. The van der Waals surface area contributed by atoms with Crippen LogP contribution in [0.1, 0.15) is 33.1 Å². The van der Waals surface area contributed by atoms with Crippen molar-refractivity contribution in [1.82, 2.24) is 0 Å². The fourth-order valence-corrected chi connectivity index (χ4v) is 2.27. The van der Waals surface area contributed by atoms with E-state index in [1.165, 1.54) is 12.8 Å². The number of nitrogens with one attached hydrogen (secondary N) is 1. The molecule has 0 saturated carbocycles. The molecule has 1 atom stereocenters. The lowest BCUT2D eigenvalue weighted by molar-refractivity contribution is 0.623. The molecule has 1 rings (SSSR count). The van der Waals surface area contributed by atoms with Crippen molar-refractivity contribution in [3.05, 3.63) is 23.2 Å². The Labute approximate surface area is 110 Å². The van der Waals surface area contributed by atoms with Gasteiger partial charge >= 0.3 is 0 Å². The second-order valence-electron chi connectivity index (χ2n) is 4.60. The molecule has 0 aliphatic heterocycles. The minimum Gasteiger partial charge on any atom is -0.382 e. The predicted octanol–water partition coefficient (Wildman–Crippen LogP) is 4.40. The highest BCUT2D eigenvalue weighted by molar-refractivity contribution is 6.33. The summed E-state index contributed by atoms with van der Waals surface area (Å²) in [6.07, 6.45) is 3.54. The van der Waals surface area contributed by atoms with E-state index in [0.29, 0.717) is 6.04 Å². The van der Waals surface area contributed by atoms with Crippen molar-refractivity contribution >= 4 is 23.0 Å². The Morgan fingerprint density at radius 2 is 2.00 bits per heavy atom. The summed E-state index contributed by atoms with van der Waals surface area (Å²) < 4.78 is 0. The zero-order chi connectivity index (χ0) is 12.8. The Morgan fingerprint density at radius 3 is 2.47 bits per heavy atom. The first kappa shape index (κ1) is 14.2. The van der Waals surface area contributed by atoms with Gasteiger partial charge in [0.25, 0.3) is 0 Å². The smallest absolute Gasteiger partial charge is 0.0659 e. The van der Waals surface area contributed by atoms with Gasteiger partial charge in [0, 0.05) is 25.8 Å². The van der Waals surface area contributed by atoms with Gasteiger partial charge in [-0.15, -0.1) is 0 Å². The van der Waals surface area contributed by atoms with Gasteiger partial charge in [0.1, 0.15) is 0 Å². The standard InChI is InChI=1S/C14H23ClN2/c1-5-7-11(6-2)16-12-8-9-14(17(3)4)13(15)10-12/h8-11,16H,5-7H2,1-4H3. The predicted molar refractivity (Wildman–Crippen MR) is 78.4 cm³/mol. The minimum absolute atomic E-state index is 0.543. The molecule has 0 spiro atoms. The van der Waals surface area contributed by atoms with Crippen LogP contribution in [0.2, 0.25) is 5.02 Å². The summed E-state index contributed by atoms with van der Waals surface area (Å²) in [6.45, 7) is 4.43. The largest absolute Gasteiger partial charge is 0.382 e. The SMILES string of the molecule is CCCC(CC)Nc1ccc(N(C)C)c(Cl)c1. The monoisotopic (exact) mass is 254 g/mol. The van der Waals surface area contributed by atoms with Crippen LogP contribution in [0.4, 0.5) is 11.4 Å². The number of anilines is 2. The van der Waals surface area contributed by atoms with Gasteiger partial charge in [-0.05, 0) is 31.0 Å². The fourth-order valence-electron chi connectivity index (χ4n) is 1.92. The average molecular weight is 255 g/mol. The maximum Gasteiger partial charge on any atom is 0.0659 e. The van der Waals surface area contributed by atoms with Crippen molar-refractivity contribution in [3.8, 4) is 0 Å².